The SMILES string of the molecule is CCCCC(NS(=O)(=O)c1ccc(S(=O)(=O)NC2CC2)cc1)C(=O)O. The molecule has 1 aliphatic carbocycles. The first kappa shape index (κ1) is 19.8. The third-order valence-electron chi connectivity index (χ3n) is 3.79. The van der Waals surface area contributed by atoms with Crippen LogP contribution in [-0.4, -0.2) is 40.0 Å². The van der Waals surface area contributed by atoms with Crippen molar-refractivity contribution in [3.8, 4) is 0 Å². The summed E-state index contributed by atoms with van der Waals surface area (Å²) in [5, 5.41) is 9.14. The van der Waals surface area contributed by atoms with E-state index >= 15 is 0 Å². The van der Waals surface area contributed by atoms with E-state index in [2.05, 4.69) is 9.44 Å². The van der Waals surface area contributed by atoms with Gasteiger partial charge in [-0.15, -0.1) is 0 Å². The van der Waals surface area contributed by atoms with Gasteiger partial charge in [-0.25, -0.2) is 21.6 Å². The Bertz CT molecular complexity index is 814. The van der Waals surface area contributed by atoms with Gasteiger partial charge in [0, 0.05) is 6.04 Å². The van der Waals surface area contributed by atoms with Crippen molar-refractivity contribution in [1.29, 1.82) is 0 Å². The van der Waals surface area contributed by atoms with Crippen LogP contribution in [-0.2, 0) is 24.8 Å². The molecule has 1 aromatic carbocycles. The molecule has 0 aliphatic heterocycles. The lowest BCUT2D eigenvalue weighted by molar-refractivity contribution is -0.139. The summed E-state index contributed by atoms with van der Waals surface area (Å²) >= 11 is 0. The highest BCUT2D eigenvalue weighted by Gasteiger charge is 2.29. The second-order valence-corrected chi connectivity index (χ2v) is 9.45. The maximum Gasteiger partial charge on any atom is 0.321 e. The highest BCUT2D eigenvalue weighted by atomic mass is 32.2. The van der Waals surface area contributed by atoms with Gasteiger partial charge in [0.2, 0.25) is 20.0 Å². The van der Waals surface area contributed by atoms with Crippen LogP contribution in [0.2, 0.25) is 0 Å². The number of hydrogen-bond donors (Lipinski definition) is 3. The van der Waals surface area contributed by atoms with Crippen LogP contribution < -0.4 is 9.44 Å². The summed E-state index contributed by atoms with van der Waals surface area (Å²) in [5.74, 6) is -1.25. The van der Waals surface area contributed by atoms with Crippen LogP contribution in [0.4, 0.5) is 0 Å². The maximum atomic E-state index is 12.3. The molecule has 10 heteroatoms. The summed E-state index contributed by atoms with van der Waals surface area (Å²) in [4.78, 5) is 11.0. The number of benzene rings is 1. The van der Waals surface area contributed by atoms with Crippen LogP contribution in [0, 0.1) is 0 Å². The Morgan fingerprint density at radius 3 is 2.08 bits per heavy atom. The van der Waals surface area contributed by atoms with Gasteiger partial charge in [-0.05, 0) is 43.5 Å². The standard InChI is InChI=1S/C15H22N2O6S2/c1-2-3-4-14(15(18)19)17-25(22,23)13-9-7-12(8-10-13)24(20,21)16-11-5-6-11/h7-11,14,16-17H,2-6H2,1H3,(H,18,19). The van der Waals surface area contributed by atoms with E-state index in [1.807, 2.05) is 6.92 Å². The zero-order valence-electron chi connectivity index (χ0n) is 13.8. The number of carboxylic acids is 1. The molecule has 25 heavy (non-hydrogen) atoms. The first-order valence-corrected chi connectivity index (χ1v) is 11.0. The average Bonchev–Trinajstić information content (AvgIpc) is 3.34. The fraction of sp³-hybridized carbons (Fsp3) is 0.533. The van der Waals surface area contributed by atoms with Crippen LogP contribution in [0.5, 0.6) is 0 Å². The van der Waals surface area contributed by atoms with E-state index in [9.17, 15) is 21.6 Å². The number of hydrogen-bond acceptors (Lipinski definition) is 5. The monoisotopic (exact) mass is 390 g/mol. The first-order valence-electron chi connectivity index (χ1n) is 8.03. The van der Waals surface area contributed by atoms with Crippen molar-refractivity contribution in [2.45, 2.75) is 60.9 Å². The largest absolute Gasteiger partial charge is 0.480 e. The first-order chi connectivity index (χ1) is 11.7. The lowest BCUT2D eigenvalue weighted by atomic mass is 10.1. The number of nitrogens with one attached hydrogen (secondary N) is 2. The second-order valence-electron chi connectivity index (χ2n) is 6.02. The van der Waals surface area contributed by atoms with Crippen molar-refractivity contribution in [2.75, 3.05) is 0 Å². The van der Waals surface area contributed by atoms with Crippen LogP contribution in [0.3, 0.4) is 0 Å². The molecular weight excluding hydrogens is 368 g/mol. The van der Waals surface area contributed by atoms with Gasteiger partial charge in [-0.2, -0.15) is 4.72 Å². The Morgan fingerprint density at radius 1 is 1.12 bits per heavy atom. The third kappa shape index (κ3) is 5.50. The van der Waals surface area contributed by atoms with Crippen molar-refractivity contribution >= 4 is 26.0 Å². The quantitative estimate of drug-likeness (QED) is 0.547. The lowest BCUT2D eigenvalue weighted by Gasteiger charge is -2.14. The van der Waals surface area contributed by atoms with Gasteiger partial charge in [0.05, 0.1) is 9.79 Å². The molecule has 1 unspecified atom stereocenters. The molecule has 0 amide bonds. The summed E-state index contributed by atoms with van der Waals surface area (Å²) < 4.78 is 53.4. The molecule has 1 fully saturated rings. The third-order valence-corrected chi connectivity index (χ3v) is 6.81. The van der Waals surface area contributed by atoms with Crippen LogP contribution in [0.1, 0.15) is 39.0 Å². The molecule has 0 radical (unpaired) electrons. The highest BCUT2D eigenvalue weighted by Crippen LogP contribution is 2.23. The highest BCUT2D eigenvalue weighted by molar-refractivity contribution is 7.90. The normalized spacial score (nSPS) is 16.5. The predicted molar refractivity (Wildman–Crippen MR) is 91.1 cm³/mol. The van der Waals surface area contributed by atoms with E-state index in [1.54, 1.807) is 0 Å². The Hall–Kier alpha value is -1.49. The minimum absolute atomic E-state index is 0.0286. The molecule has 140 valence electrons. The second kappa shape index (κ2) is 7.81. The van der Waals surface area contributed by atoms with Crippen molar-refractivity contribution < 1.29 is 26.7 Å². The Morgan fingerprint density at radius 2 is 1.64 bits per heavy atom. The molecule has 0 bridgehead atoms. The lowest BCUT2D eigenvalue weighted by Crippen LogP contribution is -2.40. The number of unbranched alkanes of at least 4 members (excludes halogenated alkanes) is 1. The fourth-order valence-electron chi connectivity index (χ4n) is 2.18. The van der Waals surface area contributed by atoms with E-state index in [1.165, 1.54) is 12.1 Å². The molecule has 8 nitrogen and oxygen atoms in total. The van der Waals surface area contributed by atoms with Gasteiger partial charge >= 0.3 is 5.97 Å². The average molecular weight is 390 g/mol. The number of aliphatic carboxylic acids is 1. The summed E-state index contributed by atoms with van der Waals surface area (Å²) in [7, 11) is -7.72. The van der Waals surface area contributed by atoms with Gasteiger partial charge in [0.1, 0.15) is 6.04 Å². The van der Waals surface area contributed by atoms with E-state index in [0.717, 1.165) is 31.4 Å². The molecule has 0 heterocycles. The molecule has 1 aliphatic rings. The van der Waals surface area contributed by atoms with Gasteiger partial charge in [0.15, 0.2) is 0 Å². The van der Waals surface area contributed by atoms with Crippen molar-refractivity contribution in [3.63, 3.8) is 0 Å². The van der Waals surface area contributed by atoms with E-state index in [0.29, 0.717) is 6.42 Å². The Balaban J connectivity index is 2.14. The van der Waals surface area contributed by atoms with Gasteiger partial charge < -0.3 is 5.11 Å². The van der Waals surface area contributed by atoms with Crippen molar-refractivity contribution in [3.05, 3.63) is 24.3 Å². The van der Waals surface area contributed by atoms with Crippen molar-refractivity contribution in [1.82, 2.24) is 9.44 Å². The van der Waals surface area contributed by atoms with Gasteiger partial charge in [-0.3, -0.25) is 4.79 Å². The number of rotatable bonds is 10. The molecule has 1 saturated carbocycles. The molecule has 0 saturated heterocycles. The van der Waals surface area contributed by atoms with E-state index in [4.69, 9.17) is 5.11 Å². The van der Waals surface area contributed by atoms with Crippen LogP contribution in [0.25, 0.3) is 0 Å². The maximum absolute atomic E-state index is 12.3. The minimum Gasteiger partial charge on any atom is -0.480 e. The topological polar surface area (TPSA) is 130 Å². The Kier molecular flexibility index (Phi) is 6.20. The van der Waals surface area contributed by atoms with E-state index in [-0.39, 0.29) is 22.3 Å². The molecule has 1 aromatic rings. The minimum atomic E-state index is -4.05. The number of sulfonamides is 2. The molecule has 2 rings (SSSR count). The van der Waals surface area contributed by atoms with Gasteiger partial charge in [0.25, 0.3) is 0 Å². The zero-order chi connectivity index (χ0) is 18.7. The summed E-state index contributed by atoms with van der Waals surface area (Å²) in [6.45, 7) is 1.88. The summed E-state index contributed by atoms with van der Waals surface area (Å²) in [6, 6.07) is 3.43. The van der Waals surface area contributed by atoms with Crippen LogP contribution >= 0.6 is 0 Å². The predicted octanol–water partition coefficient (Wildman–Crippen LogP) is 1.05. The van der Waals surface area contributed by atoms with Crippen LogP contribution in [0.15, 0.2) is 34.1 Å². The molecule has 0 aromatic heterocycles. The smallest absolute Gasteiger partial charge is 0.321 e. The molecule has 3 N–H and O–H groups in total. The summed E-state index contributed by atoms with van der Waals surface area (Å²) in [5.41, 5.74) is 0. The number of carboxylic acid groups (broad SMARTS) is 1. The molecular formula is C15H22N2O6S2. The summed E-state index contributed by atoms with van der Waals surface area (Å²) in [6.07, 6.45) is 3.09. The molecule has 0 spiro atoms. The van der Waals surface area contributed by atoms with E-state index < -0.39 is 32.1 Å². The number of carbonyl (C=O) groups is 1. The van der Waals surface area contributed by atoms with Gasteiger partial charge in [-0.1, -0.05) is 19.8 Å². The van der Waals surface area contributed by atoms with Crippen molar-refractivity contribution in [2.24, 2.45) is 0 Å². The zero-order valence-corrected chi connectivity index (χ0v) is 15.4. The Labute approximate surface area is 147 Å². The fourth-order valence-corrected chi connectivity index (χ4v) is 4.71. The molecule has 1 atom stereocenters.